The second-order valence-corrected chi connectivity index (χ2v) is 4.91. The Morgan fingerprint density at radius 2 is 2.25 bits per heavy atom. The minimum Gasteiger partial charge on any atom is -0.389 e. The Balaban J connectivity index is 2.33. The molecular formula is C15H23O. The van der Waals surface area contributed by atoms with E-state index in [-0.39, 0.29) is 6.10 Å². The van der Waals surface area contributed by atoms with Crippen LogP contribution in [0.2, 0.25) is 0 Å². The summed E-state index contributed by atoms with van der Waals surface area (Å²) >= 11 is 0. The van der Waals surface area contributed by atoms with Gasteiger partial charge in [-0.25, -0.2) is 0 Å². The van der Waals surface area contributed by atoms with E-state index in [1.807, 2.05) is 6.92 Å². The first-order chi connectivity index (χ1) is 7.50. The summed E-state index contributed by atoms with van der Waals surface area (Å²) in [7, 11) is 0. The number of allylic oxidation sites excluding steroid dienone is 3. The lowest BCUT2D eigenvalue weighted by Crippen LogP contribution is -2.12. The minimum atomic E-state index is -0.377. The van der Waals surface area contributed by atoms with Crippen molar-refractivity contribution >= 4 is 0 Å². The van der Waals surface area contributed by atoms with Crippen molar-refractivity contribution in [2.24, 2.45) is 5.92 Å². The smallest absolute Gasteiger partial charge is 0.0747 e. The number of aliphatic hydroxyl groups excluding tert-OH is 1. The molecule has 0 saturated heterocycles. The van der Waals surface area contributed by atoms with Gasteiger partial charge in [-0.3, -0.25) is 0 Å². The minimum absolute atomic E-state index is 0.377. The number of hydrogen-bond donors (Lipinski definition) is 1. The third-order valence-electron chi connectivity index (χ3n) is 3.29. The first-order valence-corrected chi connectivity index (χ1v) is 6.02. The topological polar surface area (TPSA) is 20.2 Å². The van der Waals surface area contributed by atoms with Gasteiger partial charge in [-0.2, -0.15) is 0 Å². The van der Waals surface area contributed by atoms with Crippen molar-refractivity contribution in [1.29, 1.82) is 0 Å². The molecule has 2 unspecified atom stereocenters. The second-order valence-electron chi connectivity index (χ2n) is 4.91. The molecular weight excluding hydrogens is 196 g/mol. The molecule has 1 N–H and O–H groups in total. The van der Waals surface area contributed by atoms with E-state index in [0.717, 1.165) is 18.4 Å². The maximum atomic E-state index is 9.65. The van der Waals surface area contributed by atoms with E-state index in [1.54, 1.807) is 0 Å². The molecule has 89 valence electrons. The largest absolute Gasteiger partial charge is 0.389 e. The van der Waals surface area contributed by atoms with Crippen molar-refractivity contribution in [2.45, 2.75) is 45.6 Å². The van der Waals surface area contributed by atoms with Crippen molar-refractivity contribution in [3.8, 4) is 0 Å². The van der Waals surface area contributed by atoms with Crippen LogP contribution in [0.15, 0.2) is 36.0 Å². The van der Waals surface area contributed by atoms with Crippen molar-refractivity contribution in [3.63, 3.8) is 0 Å². The van der Waals surface area contributed by atoms with Crippen LogP contribution in [0.4, 0.5) is 0 Å². The molecule has 1 aliphatic carbocycles. The lowest BCUT2D eigenvalue weighted by Gasteiger charge is -2.23. The second kappa shape index (κ2) is 6.05. The summed E-state index contributed by atoms with van der Waals surface area (Å²) in [6, 6.07) is 0. The van der Waals surface area contributed by atoms with E-state index in [2.05, 4.69) is 32.6 Å². The molecule has 1 nitrogen and oxygen atoms in total. The average molecular weight is 219 g/mol. The van der Waals surface area contributed by atoms with Crippen LogP contribution >= 0.6 is 0 Å². The van der Waals surface area contributed by atoms with E-state index in [0.29, 0.717) is 5.92 Å². The number of hydrogen-bond acceptors (Lipinski definition) is 1. The number of aliphatic hydroxyl groups is 1. The summed E-state index contributed by atoms with van der Waals surface area (Å²) in [5, 5.41) is 9.65. The molecule has 16 heavy (non-hydrogen) atoms. The molecule has 1 radical (unpaired) electrons. The van der Waals surface area contributed by atoms with E-state index in [9.17, 15) is 5.11 Å². The predicted octanol–water partition coefficient (Wildman–Crippen LogP) is 3.82. The van der Waals surface area contributed by atoms with Crippen molar-refractivity contribution in [3.05, 3.63) is 42.4 Å². The molecule has 0 aliphatic heterocycles. The Labute approximate surface area is 99.6 Å². The van der Waals surface area contributed by atoms with Crippen LogP contribution in [0.3, 0.4) is 0 Å². The Morgan fingerprint density at radius 1 is 1.56 bits per heavy atom. The van der Waals surface area contributed by atoms with Gasteiger partial charge in [0.25, 0.3) is 0 Å². The van der Waals surface area contributed by atoms with Crippen LogP contribution in [0, 0.1) is 12.3 Å². The fourth-order valence-electron chi connectivity index (χ4n) is 1.94. The summed E-state index contributed by atoms with van der Waals surface area (Å²) < 4.78 is 0. The maximum absolute atomic E-state index is 9.65. The van der Waals surface area contributed by atoms with Crippen molar-refractivity contribution < 1.29 is 5.11 Å². The first-order valence-electron chi connectivity index (χ1n) is 6.02. The Bertz CT molecular complexity index is 299. The van der Waals surface area contributed by atoms with Gasteiger partial charge in [-0.1, -0.05) is 36.0 Å². The summed E-state index contributed by atoms with van der Waals surface area (Å²) in [4.78, 5) is 0. The van der Waals surface area contributed by atoms with Crippen LogP contribution < -0.4 is 0 Å². The highest BCUT2D eigenvalue weighted by atomic mass is 16.3. The van der Waals surface area contributed by atoms with E-state index in [1.165, 1.54) is 24.0 Å². The molecule has 1 aliphatic rings. The molecule has 0 fully saturated rings. The van der Waals surface area contributed by atoms with E-state index in [4.69, 9.17) is 0 Å². The van der Waals surface area contributed by atoms with Crippen LogP contribution in [0.1, 0.15) is 39.5 Å². The van der Waals surface area contributed by atoms with Gasteiger partial charge >= 0.3 is 0 Å². The molecule has 0 aromatic carbocycles. The standard InChI is InChI=1S/C15H23O/c1-11(2)15(16)10-7-13(4)14-8-5-12(3)6-9-14/h5,8,14-16H,1,4,6-7,9-10H2,2-3H3. The fourth-order valence-corrected chi connectivity index (χ4v) is 1.94. The Morgan fingerprint density at radius 3 is 2.75 bits per heavy atom. The van der Waals surface area contributed by atoms with Crippen LogP contribution in [-0.4, -0.2) is 11.2 Å². The van der Waals surface area contributed by atoms with E-state index < -0.39 is 0 Å². The molecule has 0 spiro atoms. The predicted molar refractivity (Wildman–Crippen MR) is 70.0 cm³/mol. The molecule has 1 rings (SSSR count). The van der Waals surface area contributed by atoms with Crippen LogP contribution in [0.25, 0.3) is 0 Å². The van der Waals surface area contributed by atoms with Gasteiger partial charge in [-0.15, -0.1) is 0 Å². The number of rotatable bonds is 5. The third kappa shape index (κ3) is 3.97. The normalized spacial score (nSPS) is 22.4. The lowest BCUT2D eigenvalue weighted by molar-refractivity contribution is 0.200. The highest BCUT2D eigenvalue weighted by molar-refractivity contribution is 5.20. The SMILES string of the molecule is C=C(C)C(O)CCC(=C)C1[CH]C=C(C)CC1. The van der Waals surface area contributed by atoms with Crippen molar-refractivity contribution in [1.82, 2.24) is 0 Å². The molecule has 1 heteroatoms. The molecule has 0 amide bonds. The quantitative estimate of drug-likeness (QED) is 0.697. The zero-order chi connectivity index (χ0) is 12.1. The van der Waals surface area contributed by atoms with Gasteiger partial charge in [0.15, 0.2) is 0 Å². The van der Waals surface area contributed by atoms with Gasteiger partial charge < -0.3 is 5.11 Å². The molecule has 0 bridgehead atoms. The molecule has 0 heterocycles. The van der Waals surface area contributed by atoms with Gasteiger partial charge in [0, 0.05) is 0 Å². The van der Waals surface area contributed by atoms with Gasteiger partial charge in [0.1, 0.15) is 0 Å². The Kier molecular flexibility index (Phi) is 5.01. The summed E-state index contributed by atoms with van der Waals surface area (Å²) in [6.45, 7) is 11.9. The van der Waals surface area contributed by atoms with Crippen LogP contribution in [0.5, 0.6) is 0 Å². The molecule has 0 aromatic heterocycles. The Hall–Kier alpha value is -0.820. The van der Waals surface area contributed by atoms with E-state index >= 15 is 0 Å². The third-order valence-corrected chi connectivity index (χ3v) is 3.29. The zero-order valence-corrected chi connectivity index (χ0v) is 10.5. The molecule has 0 aromatic rings. The van der Waals surface area contributed by atoms with Gasteiger partial charge in [0.2, 0.25) is 0 Å². The zero-order valence-electron chi connectivity index (χ0n) is 10.5. The average Bonchev–Trinajstić information content (AvgIpc) is 2.26. The highest BCUT2D eigenvalue weighted by Crippen LogP contribution is 2.30. The first kappa shape index (κ1) is 13.2. The van der Waals surface area contributed by atoms with Crippen LogP contribution in [-0.2, 0) is 0 Å². The van der Waals surface area contributed by atoms with Gasteiger partial charge in [-0.05, 0) is 51.9 Å². The monoisotopic (exact) mass is 219 g/mol. The lowest BCUT2D eigenvalue weighted by atomic mass is 9.83. The highest BCUT2D eigenvalue weighted by Gasteiger charge is 2.16. The molecule has 0 saturated carbocycles. The summed E-state index contributed by atoms with van der Waals surface area (Å²) in [6.07, 6.45) is 8.05. The fraction of sp³-hybridized carbons (Fsp3) is 0.533. The summed E-state index contributed by atoms with van der Waals surface area (Å²) in [5.41, 5.74) is 3.53. The van der Waals surface area contributed by atoms with Gasteiger partial charge in [0.05, 0.1) is 6.10 Å². The summed E-state index contributed by atoms with van der Waals surface area (Å²) in [5.74, 6) is 0.501. The van der Waals surface area contributed by atoms with Crippen molar-refractivity contribution in [2.75, 3.05) is 0 Å². The molecule has 2 atom stereocenters. The maximum Gasteiger partial charge on any atom is 0.0747 e.